The normalized spacial score (nSPS) is 20.6. The molecule has 0 fully saturated rings. The van der Waals surface area contributed by atoms with Crippen molar-refractivity contribution in [2.75, 3.05) is 19.6 Å². The fourth-order valence-electron chi connectivity index (χ4n) is 4.13. The van der Waals surface area contributed by atoms with Crippen molar-refractivity contribution in [2.45, 2.75) is 32.1 Å². The molecule has 0 radical (unpaired) electrons. The highest BCUT2D eigenvalue weighted by Crippen LogP contribution is 2.46. The summed E-state index contributed by atoms with van der Waals surface area (Å²) in [5, 5.41) is 8.48. The van der Waals surface area contributed by atoms with Gasteiger partial charge in [0.25, 0.3) is 0 Å². The van der Waals surface area contributed by atoms with Crippen molar-refractivity contribution in [3.05, 3.63) is 76.6 Å². The highest BCUT2D eigenvalue weighted by atomic mass is 15.1. The first-order valence-corrected chi connectivity index (χ1v) is 9.18. The summed E-state index contributed by atoms with van der Waals surface area (Å²) in [6.07, 6.45) is 9.81. The van der Waals surface area contributed by atoms with Gasteiger partial charge < -0.3 is 0 Å². The molecule has 0 spiro atoms. The molecule has 2 aliphatic rings. The minimum absolute atomic E-state index is 0.334. The second-order valence-electron chi connectivity index (χ2n) is 7.25. The van der Waals surface area contributed by atoms with Crippen LogP contribution in [-0.2, 0) is 0 Å². The van der Waals surface area contributed by atoms with Crippen molar-refractivity contribution in [3.63, 3.8) is 0 Å². The third-order valence-corrected chi connectivity index (χ3v) is 5.49. The lowest BCUT2D eigenvalue weighted by atomic mass is 9.81. The molecule has 2 aromatic rings. The predicted molar refractivity (Wildman–Crippen MR) is 103 cm³/mol. The molecule has 0 N–H and O–H groups in total. The second-order valence-corrected chi connectivity index (χ2v) is 7.25. The lowest BCUT2D eigenvalue weighted by Crippen LogP contribution is -2.22. The van der Waals surface area contributed by atoms with Gasteiger partial charge in [0.1, 0.15) is 0 Å². The molecular weight excluding hydrogens is 306 g/mol. The number of hydrogen-bond donors (Lipinski definition) is 0. The Morgan fingerprint density at radius 1 is 1.20 bits per heavy atom. The molecule has 1 aromatic heterocycles. The minimum atomic E-state index is 0.334. The first-order chi connectivity index (χ1) is 12.2. The maximum atomic E-state index is 4.39. The van der Waals surface area contributed by atoms with Crippen LogP contribution in [0, 0.1) is 6.92 Å². The summed E-state index contributed by atoms with van der Waals surface area (Å²) in [7, 11) is 0. The van der Waals surface area contributed by atoms with Crippen molar-refractivity contribution in [1.29, 1.82) is 0 Å². The lowest BCUT2D eigenvalue weighted by Gasteiger charge is -2.25. The molecule has 3 nitrogen and oxygen atoms in total. The van der Waals surface area contributed by atoms with E-state index in [0.717, 1.165) is 31.7 Å². The van der Waals surface area contributed by atoms with Gasteiger partial charge in [-0.2, -0.15) is 10.2 Å². The van der Waals surface area contributed by atoms with Gasteiger partial charge in [-0.15, -0.1) is 0 Å². The Kier molecular flexibility index (Phi) is 4.50. The molecule has 1 aliphatic carbocycles. The van der Waals surface area contributed by atoms with E-state index in [-0.39, 0.29) is 0 Å². The lowest BCUT2D eigenvalue weighted by molar-refractivity contribution is 0.353. The van der Waals surface area contributed by atoms with Crippen molar-refractivity contribution >= 4 is 6.08 Å². The van der Waals surface area contributed by atoms with Gasteiger partial charge in [-0.1, -0.05) is 54.5 Å². The Morgan fingerprint density at radius 3 is 2.80 bits per heavy atom. The Balaban J connectivity index is 1.62. The molecule has 25 heavy (non-hydrogen) atoms. The average Bonchev–Trinajstić information content (AvgIpc) is 3.27. The molecule has 1 aromatic carbocycles. The van der Waals surface area contributed by atoms with Gasteiger partial charge in [0.05, 0.1) is 5.69 Å². The van der Waals surface area contributed by atoms with Crippen LogP contribution >= 0.6 is 0 Å². The van der Waals surface area contributed by atoms with Crippen LogP contribution in [0.4, 0.5) is 0 Å². The van der Waals surface area contributed by atoms with Crippen molar-refractivity contribution in [1.82, 2.24) is 15.1 Å². The van der Waals surface area contributed by atoms with Crippen LogP contribution in [0.2, 0.25) is 0 Å². The quantitative estimate of drug-likeness (QED) is 0.764. The number of benzene rings is 1. The van der Waals surface area contributed by atoms with Gasteiger partial charge in [0, 0.05) is 37.7 Å². The van der Waals surface area contributed by atoms with Gasteiger partial charge >= 0.3 is 0 Å². The monoisotopic (exact) mass is 331 g/mol. The Labute approximate surface area is 150 Å². The van der Waals surface area contributed by atoms with Gasteiger partial charge in [0.2, 0.25) is 0 Å². The van der Waals surface area contributed by atoms with Gasteiger partial charge in [-0.05, 0) is 36.6 Å². The molecule has 128 valence electrons. The van der Waals surface area contributed by atoms with Crippen LogP contribution in [0.3, 0.4) is 0 Å². The zero-order valence-corrected chi connectivity index (χ0v) is 15.0. The first-order valence-electron chi connectivity index (χ1n) is 9.18. The molecule has 0 bridgehead atoms. The molecule has 2 heterocycles. The predicted octanol–water partition coefficient (Wildman–Crippen LogP) is 4.33. The first kappa shape index (κ1) is 16.2. The van der Waals surface area contributed by atoms with Crippen LogP contribution in [0.25, 0.3) is 6.08 Å². The van der Waals surface area contributed by atoms with Crippen LogP contribution in [0.5, 0.6) is 0 Å². The standard InChI is InChI=1S/C22H25N3/c1-16-7-8-20-19(14-16)15-18(9-13-25-11-3-4-12-25)22(20)17(2)21-6-5-10-23-24-21/h3-8,10,14-15,17,22H,9,11-13H2,1-2H3. The molecule has 0 saturated heterocycles. The molecule has 3 heteroatoms. The molecule has 1 aliphatic heterocycles. The fraction of sp³-hybridized carbons (Fsp3) is 0.364. The van der Waals surface area contributed by atoms with Crippen LogP contribution < -0.4 is 0 Å². The Bertz CT molecular complexity index is 799. The number of aromatic nitrogens is 2. The third kappa shape index (κ3) is 3.29. The maximum absolute atomic E-state index is 4.39. The van der Waals surface area contributed by atoms with Gasteiger partial charge in [0.15, 0.2) is 0 Å². The van der Waals surface area contributed by atoms with E-state index in [4.69, 9.17) is 0 Å². The summed E-state index contributed by atoms with van der Waals surface area (Å²) in [6.45, 7) is 7.75. The molecule has 2 unspecified atom stereocenters. The number of hydrogen-bond acceptors (Lipinski definition) is 3. The largest absolute Gasteiger partial charge is 0.296 e. The van der Waals surface area contributed by atoms with Crippen LogP contribution in [0.15, 0.2) is 54.3 Å². The zero-order valence-electron chi connectivity index (χ0n) is 15.0. The van der Waals surface area contributed by atoms with E-state index < -0.39 is 0 Å². The fourth-order valence-corrected chi connectivity index (χ4v) is 4.13. The molecule has 0 saturated carbocycles. The summed E-state index contributed by atoms with van der Waals surface area (Å²) >= 11 is 0. The third-order valence-electron chi connectivity index (χ3n) is 5.49. The summed E-state index contributed by atoms with van der Waals surface area (Å²) in [5.41, 5.74) is 6.76. The Hall–Kier alpha value is -2.26. The van der Waals surface area contributed by atoms with Crippen molar-refractivity contribution in [3.8, 4) is 0 Å². The number of fused-ring (bicyclic) bond motifs is 1. The highest BCUT2D eigenvalue weighted by molar-refractivity contribution is 5.68. The van der Waals surface area contributed by atoms with E-state index in [2.05, 4.69) is 71.4 Å². The summed E-state index contributed by atoms with van der Waals surface area (Å²) in [6, 6.07) is 10.9. The van der Waals surface area contributed by atoms with E-state index in [0.29, 0.717) is 11.8 Å². The molecule has 2 atom stereocenters. The SMILES string of the molecule is Cc1ccc2c(c1)C=C(CCN1CC=CC1)C2C(C)c1cccnn1. The van der Waals surface area contributed by atoms with E-state index in [1.807, 2.05) is 6.07 Å². The van der Waals surface area contributed by atoms with Crippen molar-refractivity contribution < 1.29 is 0 Å². The maximum Gasteiger partial charge on any atom is 0.0668 e. The summed E-state index contributed by atoms with van der Waals surface area (Å²) in [5.74, 6) is 0.739. The van der Waals surface area contributed by atoms with Crippen LogP contribution in [0.1, 0.15) is 47.6 Å². The number of rotatable bonds is 5. The molecular formula is C22H25N3. The van der Waals surface area contributed by atoms with Crippen LogP contribution in [-0.4, -0.2) is 34.7 Å². The van der Waals surface area contributed by atoms with E-state index in [9.17, 15) is 0 Å². The molecule has 4 rings (SSSR count). The Morgan fingerprint density at radius 2 is 2.04 bits per heavy atom. The summed E-state index contributed by atoms with van der Waals surface area (Å²) in [4.78, 5) is 2.50. The van der Waals surface area contributed by atoms with Gasteiger partial charge in [-0.3, -0.25) is 4.90 Å². The van der Waals surface area contributed by atoms with E-state index in [1.54, 1.807) is 6.20 Å². The van der Waals surface area contributed by atoms with E-state index in [1.165, 1.54) is 22.3 Å². The summed E-state index contributed by atoms with van der Waals surface area (Å²) < 4.78 is 0. The smallest absolute Gasteiger partial charge is 0.0668 e. The van der Waals surface area contributed by atoms with Gasteiger partial charge in [-0.25, -0.2) is 0 Å². The molecule has 0 amide bonds. The van der Waals surface area contributed by atoms with Crippen molar-refractivity contribution in [2.24, 2.45) is 0 Å². The number of aryl methyl sites for hydroxylation is 1. The topological polar surface area (TPSA) is 29.0 Å². The van der Waals surface area contributed by atoms with E-state index >= 15 is 0 Å². The highest BCUT2D eigenvalue weighted by Gasteiger charge is 2.31. The zero-order chi connectivity index (χ0) is 17.2. The second kappa shape index (κ2) is 6.93. The number of nitrogens with zero attached hydrogens (tertiary/aromatic N) is 3. The average molecular weight is 331 g/mol. The minimum Gasteiger partial charge on any atom is -0.296 e.